The molecule has 8 nitrogen and oxygen atoms in total. The van der Waals surface area contributed by atoms with E-state index in [-0.39, 0.29) is 17.5 Å². The number of ether oxygens (including phenoxy) is 1. The summed E-state index contributed by atoms with van der Waals surface area (Å²) in [5, 5.41) is 4.88. The number of hydrogen-bond donors (Lipinski definition) is 0. The molecule has 0 bridgehead atoms. The van der Waals surface area contributed by atoms with E-state index in [0.29, 0.717) is 53.6 Å². The molecule has 0 aliphatic carbocycles. The van der Waals surface area contributed by atoms with Crippen molar-refractivity contribution in [3.63, 3.8) is 0 Å². The number of carbonyl (C=O) groups is 1. The van der Waals surface area contributed by atoms with Crippen molar-refractivity contribution in [2.24, 2.45) is 0 Å². The molecule has 0 spiro atoms. The highest BCUT2D eigenvalue weighted by molar-refractivity contribution is 6.34. The first-order valence-corrected chi connectivity index (χ1v) is 14.0. The molecule has 1 unspecified atom stereocenters. The Morgan fingerprint density at radius 3 is 2.40 bits per heavy atom. The van der Waals surface area contributed by atoms with E-state index in [1.54, 1.807) is 30.7 Å². The number of fused-ring (bicyclic) bond motifs is 1. The highest BCUT2D eigenvalue weighted by Gasteiger charge is 2.22. The van der Waals surface area contributed by atoms with Crippen molar-refractivity contribution in [1.29, 1.82) is 0 Å². The number of aryl methyl sites for hydroxylation is 1. The second kappa shape index (κ2) is 13.2. The molecule has 1 atom stereocenters. The minimum atomic E-state index is -0.227. The molecule has 0 aliphatic rings. The quantitative estimate of drug-likeness (QED) is 0.240. The van der Waals surface area contributed by atoms with Crippen molar-refractivity contribution in [3.05, 3.63) is 98.7 Å². The number of aromatic nitrogens is 3. The van der Waals surface area contributed by atoms with Crippen LogP contribution in [0.15, 0.2) is 65.5 Å². The van der Waals surface area contributed by atoms with E-state index in [1.165, 1.54) is 4.52 Å². The van der Waals surface area contributed by atoms with Crippen LogP contribution in [0.4, 0.5) is 0 Å². The zero-order valence-electron chi connectivity index (χ0n) is 23.9. The Balaban J connectivity index is 1.63. The van der Waals surface area contributed by atoms with Crippen LogP contribution in [0, 0.1) is 6.92 Å². The van der Waals surface area contributed by atoms with E-state index in [2.05, 4.69) is 16.9 Å². The summed E-state index contributed by atoms with van der Waals surface area (Å²) in [6.45, 7) is 6.39. The van der Waals surface area contributed by atoms with Crippen LogP contribution in [0.2, 0.25) is 5.02 Å². The Hall–Kier alpha value is -3.62. The minimum Gasteiger partial charge on any atom is -0.497 e. The molecule has 0 saturated heterocycles. The van der Waals surface area contributed by atoms with Crippen molar-refractivity contribution in [2.75, 3.05) is 40.8 Å². The number of halogens is 1. The Morgan fingerprint density at radius 2 is 1.75 bits per heavy atom. The molecule has 0 radical (unpaired) electrons. The standard InChI is InChI=1S/C31H38ClN5O3/c1-22(16-19-35(18-9-17-34(3)4)30(38)25-12-14-26(40-5)15-13-25)27-20-28-29(32)23(2)33-37(28)31(39)36(27)21-24-10-7-6-8-11-24/h6-8,10-15,20,22H,9,16-19,21H2,1-5H3. The summed E-state index contributed by atoms with van der Waals surface area (Å²) in [7, 11) is 5.67. The summed E-state index contributed by atoms with van der Waals surface area (Å²) in [4.78, 5) is 31.2. The normalized spacial score (nSPS) is 12.2. The molecule has 9 heteroatoms. The van der Waals surface area contributed by atoms with Gasteiger partial charge in [0.15, 0.2) is 0 Å². The summed E-state index contributed by atoms with van der Waals surface area (Å²) in [6, 6.07) is 19.1. The topological polar surface area (TPSA) is 72.1 Å². The minimum absolute atomic E-state index is 0.0137. The van der Waals surface area contributed by atoms with Crippen LogP contribution in [0.5, 0.6) is 5.75 Å². The first kappa shape index (κ1) is 29.4. The molecule has 0 N–H and O–H groups in total. The van der Waals surface area contributed by atoms with Crippen LogP contribution >= 0.6 is 11.6 Å². The maximum Gasteiger partial charge on any atom is 0.349 e. The zero-order chi connectivity index (χ0) is 28.8. The van der Waals surface area contributed by atoms with E-state index in [0.717, 1.165) is 24.2 Å². The van der Waals surface area contributed by atoms with Crippen LogP contribution in [0.3, 0.4) is 0 Å². The molecule has 2 heterocycles. The fourth-order valence-corrected chi connectivity index (χ4v) is 5.05. The van der Waals surface area contributed by atoms with Gasteiger partial charge in [0.25, 0.3) is 5.91 Å². The smallest absolute Gasteiger partial charge is 0.349 e. The average molecular weight is 564 g/mol. The third-order valence-corrected chi connectivity index (χ3v) is 7.67. The van der Waals surface area contributed by atoms with Crippen LogP contribution in [-0.4, -0.2) is 70.7 Å². The maximum absolute atomic E-state index is 13.6. The Bertz CT molecular complexity index is 1500. The molecule has 0 saturated carbocycles. The molecular weight excluding hydrogens is 526 g/mol. The van der Waals surface area contributed by atoms with E-state index in [4.69, 9.17) is 16.3 Å². The summed E-state index contributed by atoms with van der Waals surface area (Å²) < 4.78 is 8.42. The fraction of sp³-hybridized carbons (Fsp3) is 0.387. The van der Waals surface area contributed by atoms with Crippen molar-refractivity contribution in [1.82, 2.24) is 24.0 Å². The van der Waals surface area contributed by atoms with Gasteiger partial charge in [0.1, 0.15) is 5.75 Å². The second-order valence-corrected chi connectivity index (χ2v) is 10.9. The van der Waals surface area contributed by atoms with Gasteiger partial charge in [-0.2, -0.15) is 9.61 Å². The maximum atomic E-state index is 13.6. The van der Waals surface area contributed by atoms with E-state index < -0.39 is 0 Å². The van der Waals surface area contributed by atoms with Crippen LogP contribution in [0.25, 0.3) is 5.52 Å². The van der Waals surface area contributed by atoms with Gasteiger partial charge in [-0.3, -0.25) is 9.36 Å². The number of amides is 1. The van der Waals surface area contributed by atoms with Crippen molar-refractivity contribution in [3.8, 4) is 5.75 Å². The molecular formula is C31H38ClN5O3. The summed E-state index contributed by atoms with van der Waals surface area (Å²) >= 11 is 6.55. The lowest BCUT2D eigenvalue weighted by Crippen LogP contribution is -2.35. The Labute approximate surface area is 240 Å². The van der Waals surface area contributed by atoms with Crippen molar-refractivity contribution >= 4 is 23.0 Å². The van der Waals surface area contributed by atoms with Crippen LogP contribution in [-0.2, 0) is 6.54 Å². The number of rotatable bonds is 12. The molecule has 2 aromatic carbocycles. The summed E-state index contributed by atoms with van der Waals surface area (Å²) in [5.41, 5.74) is 3.51. The fourth-order valence-electron chi connectivity index (χ4n) is 4.88. The van der Waals surface area contributed by atoms with Gasteiger partial charge in [0.2, 0.25) is 0 Å². The van der Waals surface area contributed by atoms with Crippen molar-refractivity contribution < 1.29 is 9.53 Å². The molecule has 40 heavy (non-hydrogen) atoms. The monoisotopic (exact) mass is 563 g/mol. The highest BCUT2D eigenvalue weighted by atomic mass is 35.5. The van der Waals surface area contributed by atoms with E-state index in [9.17, 15) is 9.59 Å². The lowest BCUT2D eigenvalue weighted by Gasteiger charge is -2.26. The van der Waals surface area contributed by atoms with Gasteiger partial charge >= 0.3 is 5.69 Å². The van der Waals surface area contributed by atoms with Gasteiger partial charge in [-0.1, -0.05) is 48.9 Å². The van der Waals surface area contributed by atoms with Gasteiger partial charge in [-0.05, 0) is 82.2 Å². The first-order chi connectivity index (χ1) is 19.2. The number of hydrogen-bond acceptors (Lipinski definition) is 5. The lowest BCUT2D eigenvalue weighted by atomic mass is 10.0. The van der Waals surface area contributed by atoms with Gasteiger partial charge < -0.3 is 14.5 Å². The number of methoxy groups -OCH3 is 1. The van der Waals surface area contributed by atoms with Crippen LogP contribution in [0.1, 0.15) is 53.0 Å². The second-order valence-electron chi connectivity index (χ2n) is 10.5. The van der Waals surface area contributed by atoms with Gasteiger partial charge in [0, 0.05) is 24.3 Å². The van der Waals surface area contributed by atoms with Gasteiger partial charge in [0.05, 0.1) is 29.9 Å². The number of nitrogens with zero attached hydrogens (tertiary/aromatic N) is 5. The van der Waals surface area contributed by atoms with Crippen LogP contribution < -0.4 is 10.4 Å². The van der Waals surface area contributed by atoms with Crippen molar-refractivity contribution in [2.45, 2.75) is 39.2 Å². The Kier molecular flexibility index (Phi) is 9.66. The largest absolute Gasteiger partial charge is 0.497 e. The predicted molar refractivity (Wildman–Crippen MR) is 160 cm³/mol. The SMILES string of the molecule is COc1ccc(C(=O)N(CCCN(C)C)CCC(C)c2cc3c(Cl)c(C)nn3c(=O)n2Cc2ccccc2)cc1. The molecule has 0 aliphatic heterocycles. The summed E-state index contributed by atoms with van der Waals surface area (Å²) in [5.74, 6) is 0.678. The Morgan fingerprint density at radius 1 is 1.05 bits per heavy atom. The predicted octanol–water partition coefficient (Wildman–Crippen LogP) is 5.10. The summed E-state index contributed by atoms with van der Waals surface area (Å²) in [6.07, 6.45) is 1.54. The van der Waals surface area contributed by atoms with E-state index in [1.807, 2.05) is 67.5 Å². The lowest BCUT2D eigenvalue weighted by molar-refractivity contribution is 0.0745. The number of benzene rings is 2. The molecule has 4 aromatic rings. The highest BCUT2D eigenvalue weighted by Crippen LogP contribution is 2.26. The van der Waals surface area contributed by atoms with Gasteiger partial charge in [-0.25, -0.2) is 4.79 Å². The molecule has 212 valence electrons. The molecule has 1 amide bonds. The van der Waals surface area contributed by atoms with E-state index >= 15 is 0 Å². The third-order valence-electron chi connectivity index (χ3n) is 7.21. The van der Waals surface area contributed by atoms with Gasteiger partial charge in [-0.15, -0.1) is 0 Å². The molecule has 2 aromatic heterocycles. The number of carbonyl (C=O) groups excluding carboxylic acids is 1. The third kappa shape index (κ3) is 6.74. The molecule has 4 rings (SSSR count). The average Bonchev–Trinajstić information content (AvgIpc) is 3.25. The zero-order valence-corrected chi connectivity index (χ0v) is 24.7. The molecule has 0 fully saturated rings. The first-order valence-electron chi connectivity index (χ1n) is 13.6.